The summed E-state index contributed by atoms with van der Waals surface area (Å²) in [7, 11) is 1.52. The third kappa shape index (κ3) is 2.78. The number of hydrogen-bond donors (Lipinski definition) is 1. The van der Waals surface area contributed by atoms with Gasteiger partial charge in [0.1, 0.15) is 11.3 Å². The number of ether oxygens (including phenoxy) is 1. The van der Waals surface area contributed by atoms with E-state index in [1.54, 1.807) is 29.2 Å². The molecule has 0 atom stereocenters. The Balaban J connectivity index is 3.13. The number of hydrogen-bond acceptors (Lipinski definition) is 3. The van der Waals surface area contributed by atoms with Gasteiger partial charge in [-0.25, -0.2) is 0 Å². The summed E-state index contributed by atoms with van der Waals surface area (Å²) in [5.74, 6) is 0.361. The zero-order valence-corrected chi connectivity index (χ0v) is 10.3. The number of likely N-dealkylation sites (N-methyl/N-ethyl adjacent to an activating group) is 1. The first-order valence-electron chi connectivity index (χ1n) is 5.48. The van der Waals surface area contributed by atoms with Gasteiger partial charge in [0.2, 0.25) is 0 Å². The lowest BCUT2D eigenvalue weighted by atomic mass is 10.1. The number of benzene rings is 1. The number of carbonyl (C=O) groups excluding carboxylic acids is 1. The summed E-state index contributed by atoms with van der Waals surface area (Å²) < 4.78 is 5.17. The first-order valence-corrected chi connectivity index (χ1v) is 5.48. The highest BCUT2D eigenvalue weighted by Crippen LogP contribution is 2.25. The molecular weight excluding hydrogens is 216 g/mol. The summed E-state index contributed by atoms with van der Waals surface area (Å²) >= 11 is 0. The van der Waals surface area contributed by atoms with E-state index in [1.165, 1.54) is 7.11 Å². The lowest BCUT2D eigenvalue weighted by Gasteiger charge is -2.21. The number of carbonyl (C=O) groups is 1. The number of methoxy groups -OCH3 is 1. The number of nitrogens with zero attached hydrogens (tertiary/aromatic N) is 1. The fourth-order valence-electron chi connectivity index (χ4n) is 1.62. The van der Waals surface area contributed by atoms with Gasteiger partial charge in [-0.05, 0) is 19.1 Å². The zero-order chi connectivity index (χ0) is 12.8. The van der Waals surface area contributed by atoms with Crippen LogP contribution < -0.4 is 10.5 Å². The Morgan fingerprint density at radius 1 is 1.59 bits per heavy atom. The summed E-state index contributed by atoms with van der Waals surface area (Å²) in [6, 6.07) is 5.18. The molecule has 0 heterocycles. The largest absolute Gasteiger partial charge is 0.496 e. The quantitative estimate of drug-likeness (QED) is 0.625. The molecule has 1 rings (SSSR count). The van der Waals surface area contributed by atoms with E-state index in [0.29, 0.717) is 30.1 Å². The second kappa shape index (κ2) is 5.94. The number of nitrogens with two attached hydrogens (primary N) is 1. The molecule has 0 radical (unpaired) electrons. The summed E-state index contributed by atoms with van der Waals surface area (Å²) in [6.45, 7) is 6.64. The van der Waals surface area contributed by atoms with Crippen LogP contribution in [0.25, 0.3) is 0 Å². The number of amides is 1. The van der Waals surface area contributed by atoms with Crippen LogP contribution in [0, 0.1) is 0 Å². The number of anilines is 1. The van der Waals surface area contributed by atoms with Gasteiger partial charge in [0, 0.05) is 18.8 Å². The summed E-state index contributed by atoms with van der Waals surface area (Å²) in [5.41, 5.74) is 6.68. The average Bonchev–Trinajstić information content (AvgIpc) is 2.34. The maximum atomic E-state index is 12.3. The minimum atomic E-state index is -0.137. The topological polar surface area (TPSA) is 55.6 Å². The van der Waals surface area contributed by atoms with Gasteiger partial charge in [-0.1, -0.05) is 12.1 Å². The molecule has 0 aliphatic heterocycles. The molecule has 17 heavy (non-hydrogen) atoms. The molecule has 0 aliphatic rings. The molecule has 4 nitrogen and oxygen atoms in total. The third-order valence-corrected chi connectivity index (χ3v) is 2.51. The molecule has 0 saturated heterocycles. The second-order valence-corrected chi connectivity index (χ2v) is 3.56. The van der Waals surface area contributed by atoms with Gasteiger partial charge in [-0.2, -0.15) is 0 Å². The van der Waals surface area contributed by atoms with Gasteiger partial charge < -0.3 is 15.4 Å². The highest BCUT2D eigenvalue weighted by Gasteiger charge is 2.20. The van der Waals surface area contributed by atoms with Gasteiger partial charge in [-0.15, -0.1) is 6.58 Å². The smallest absolute Gasteiger partial charge is 0.260 e. The van der Waals surface area contributed by atoms with Crippen LogP contribution in [0.15, 0.2) is 30.9 Å². The van der Waals surface area contributed by atoms with Crippen molar-refractivity contribution < 1.29 is 9.53 Å². The number of rotatable bonds is 5. The Morgan fingerprint density at radius 2 is 2.29 bits per heavy atom. The van der Waals surface area contributed by atoms with Crippen LogP contribution in [0.2, 0.25) is 0 Å². The average molecular weight is 234 g/mol. The van der Waals surface area contributed by atoms with Crippen molar-refractivity contribution in [2.24, 2.45) is 0 Å². The van der Waals surface area contributed by atoms with Crippen molar-refractivity contribution in [3.63, 3.8) is 0 Å². The first kappa shape index (κ1) is 13.1. The van der Waals surface area contributed by atoms with Crippen molar-refractivity contribution in [2.75, 3.05) is 25.9 Å². The molecule has 1 aromatic carbocycles. The van der Waals surface area contributed by atoms with Gasteiger partial charge in [-0.3, -0.25) is 4.79 Å². The molecule has 92 valence electrons. The van der Waals surface area contributed by atoms with E-state index >= 15 is 0 Å². The van der Waals surface area contributed by atoms with E-state index in [9.17, 15) is 4.79 Å². The molecule has 4 heteroatoms. The fourth-order valence-corrected chi connectivity index (χ4v) is 1.62. The van der Waals surface area contributed by atoms with Crippen LogP contribution in [0.5, 0.6) is 5.75 Å². The van der Waals surface area contributed by atoms with Crippen molar-refractivity contribution in [1.29, 1.82) is 0 Å². The highest BCUT2D eigenvalue weighted by molar-refractivity contribution is 6.01. The van der Waals surface area contributed by atoms with Gasteiger partial charge >= 0.3 is 0 Å². The Kier molecular flexibility index (Phi) is 4.57. The minimum Gasteiger partial charge on any atom is -0.496 e. The molecule has 0 bridgehead atoms. The zero-order valence-electron chi connectivity index (χ0n) is 10.3. The minimum absolute atomic E-state index is 0.137. The standard InChI is InChI=1S/C13H18N2O2/c1-4-9-15(5-2)13(16)12-10(14)7-6-8-11(12)17-3/h4,6-8H,1,5,9,14H2,2-3H3. The van der Waals surface area contributed by atoms with Crippen molar-refractivity contribution in [3.8, 4) is 5.75 Å². The van der Waals surface area contributed by atoms with Crippen molar-refractivity contribution in [3.05, 3.63) is 36.4 Å². The lowest BCUT2D eigenvalue weighted by Crippen LogP contribution is -2.31. The Morgan fingerprint density at radius 3 is 2.82 bits per heavy atom. The predicted octanol–water partition coefficient (Wildman–Crippen LogP) is 1.93. The maximum absolute atomic E-state index is 12.3. The molecule has 1 amide bonds. The van der Waals surface area contributed by atoms with E-state index in [-0.39, 0.29) is 5.91 Å². The molecule has 0 aliphatic carbocycles. The Hall–Kier alpha value is -1.97. The van der Waals surface area contributed by atoms with Crippen molar-refractivity contribution >= 4 is 11.6 Å². The normalized spacial score (nSPS) is 9.76. The molecule has 2 N–H and O–H groups in total. The van der Waals surface area contributed by atoms with Gasteiger partial charge in [0.05, 0.1) is 7.11 Å². The summed E-state index contributed by atoms with van der Waals surface area (Å²) in [4.78, 5) is 13.9. The van der Waals surface area contributed by atoms with Gasteiger partial charge in [0.15, 0.2) is 0 Å². The molecule has 1 aromatic rings. The Bertz CT molecular complexity index is 416. The monoisotopic (exact) mass is 234 g/mol. The van der Waals surface area contributed by atoms with E-state index in [2.05, 4.69) is 6.58 Å². The van der Waals surface area contributed by atoms with E-state index in [4.69, 9.17) is 10.5 Å². The summed E-state index contributed by atoms with van der Waals surface area (Å²) in [5, 5.41) is 0. The van der Waals surface area contributed by atoms with E-state index < -0.39 is 0 Å². The molecule has 0 unspecified atom stereocenters. The van der Waals surface area contributed by atoms with Crippen molar-refractivity contribution in [2.45, 2.75) is 6.92 Å². The molecule has 0 saturated carbocycles. The maximum Gasteiger partial charge on any atom is 0.260 e. The number of nitrogen functional groups attached to an aromatic ring is 1. The molecular formula is C13H18N2O2. The first-order chi connectivity index (χ1) is 8.15. The third-order valence-electron chi connectivity index (χ3n) is 2.51. The molecule has 0 spiro atoms. The predicted molar refractivity (Wildman–Crippen MR) is 69.2 cm³/mol. The lowest BCUT2D eigenvalue weighted by molar-refractivity contribution is 0.0780. The van der Waals surface area contributed by atoms with Crippen LogP contribution in [0.1, 0.15) is 17.3 Å². The molecule has 0 fully saturated rings. The second-order valence-electron chi connectivity index (χ2n) is 3.56. The van der Waals surface area contributed by atoms with Crippen molar-refractivity contribution in [1.82, 2.24) is 4.90 Å². The summed E-state index contributed by atoms with van der Waals surface area (Å²) in [6.07, 6.45) is 1.69. The van der Waals surface area contributed by atoms with Crippen LogP contribution in [0.3, 0.4) is 0 Å². The van der Waals surface area contributed by atoms with Crippen LogP contribution in [-0.2, 0) is 0 Å². The Labute approximate surface area is 102 Å². The SMILES string of the molecule is C=CCN(CC)C(=O)c1c(N)cccc1OC. The van der Waals surface area contributed by atoms with E-state index in [1.807, 2.05) is 6.92 Å². The van der Waals surface area contributed by atoms with Gasteiger partial charge in [0.25, 0.3) is 5.91 Å². The van der Waals surface area contributed by atoms with Crippen LogP contribution >= 0.6 is 0 Å². The van der Waals surface area contributed by atoms with E-state index in [0.717, 1.165) is 0 Å². The van der Waals surface area contributed by atoms with Crippen LogP contribution in [0.4, 0.5) is 5.69 Å². The van der Waals surface area contributed by atoms with Crippen LogP contribution in [-0.4, -0.2) is 31.0 Å². The fraction of sp³-hybridized carbons (Fsp3) is 0.308. The highest BCUT2D eigenvalue weighted by atomic mass is 16.5. The molecule has 0 aromatic heterocycles.